The van der Waals surface area contributed by atoms with E-state index in [0.29, 0.717) is 23.2 Å². The largest absolute Gasteiger partial charge is 0.351 e. The first-order valence-electron chi connectivity index (χ1n) is 8.28. The van der Waals surface area contributed by atoms with E-state index in [1.54, 1.807) is 29.1 Å². The molecule has 3 aromatic rings. The van der Waals surface area contributed by atoms with Crippen LogP contribution < -0.4 is 5.32 Å². The number of nitrogens with zero attached hydrogens (tertiary/aromatic N) is 2. The molecule has 5 heteroatoms. The maximum atomic E-state index is 12.3. The summed E-state index contributed by atoms with van der Waals surface area (Å²) in [6.07, 6.45) is 2.64. The zero-order chi connectivity index (χ0) is 17.6. The first-order chi connectivity index (χ1) is 12.1. The van der Waals surface area contributed by atoms with E-state index in [-0.39, 0.29) is 5.91 Å². The van der Waals surface area contributed by atoms with Crippen molar-refractivity contribution in [2.75, 3.05) is 6.54 Å². The molecule has 25 heavy (non-hydrogen) atoms. The molecule has 1 N–H and O–H groups in total. The van der Waals surface area contributed by atoms with Crippen molar-refractivity contribution in [3.63, 3.8) is 0 Å². The van der Waals surface area contributed by atoms with Gasteiger partial charge in [-0.3, -0.25) is 4.79 Å². The van der Waals surface area contributed by atoms with Crippen molar-refractivity contribution >= 4 is 17.5 Å². The van der Waals surface area contributed by atoms with Gasteiger partial charge >= 0.3 is 0 Å². The second-order valence-corrected chi connectivity index (χ2v) is 6.42. The minimum absolute atomic E-state index is 0.166. The maximum Gasteiger partial charge on any atom is 0.271 e. The van der Waals surface area contributed by atoms with E-state index in [0.717, 1.165) is 12.1 Å². The number of aromatic nitrogens is 2. The standard InChI is InChI=1S/C20H20ClN3O/c1-15(16-6-3-2-4-7-16)10-12-22-20(25)19-11-13-24(23-19)18-9-5-8-17(21)14-18/h2-9,11,13-15H,10,12H2,1H3,(H,22,25). The van der Waals surface area contributed by atoms with E-state index >= 15 is 0 Å². The second kappa shape index (κ2) is 7.99. The van der Waals surface area contributed by atoms with Crippen molar-refractivity contribution in [3.8, 4) is 5.69 Å². The predicted octanol–water partition coefficient (Wildman–Crippen LogP) is 4.45. The predicted molar refractivity (Wildman–Crippen MR) is 100 cm³/mol. The molecule has 1 aromatic heterocycles. The van der Waals surface area contributed by atoms with Crippen LogP contribution in [0.15, 0.2) is 66.9 Å². The average Bonchev–Trinajstić information content (AvgIpc) is 3.12. The van der Waals surface area contributed by atoms with Crippen molar-refractivity contribution in [1.82, 2.24) is 15.1 Å². The third-order valence-corrected chi connectivity index (χ3v) is 4.36. The first-order valence-corrected chi connectivity index (χ1v) is 8.66. The van der Waals surface area contributed by atoms with Crippen LogP contribution in [0.1, 0.15) is 35.3 Å². The molecule has 1 heterocycles. The highest BCUT2D eigenvalue weighted by molar-refractivity contribution is 6.30. The van der Waals surface area contributed by atoms with Crippen LogP contribution in [0.4, 0.5) is 0 Å². The monoisotopic (exact) mass is 353 g/mol. The summed E-state index contributed by atoms with van der Waals surface area (Å²) >= 11 is 5.99. The molecular weight excluding hydrogens is 334 g/mol. The van der Waals surface area contributed by atoms with E-state index in [1.807, 2.05) is 30.3 Å². The number of nitrogens with one attached hydrogen (secondary N) is 1. The smallest absolute Gasteiger partial charge is 0.271 e. The Morgan fingerprint density at radius 2 is 1.96 bits per heavy atom. The van der Waals surface area contributed by atoms with Gasteiger partial charge in [-0.25, -0.2) is 4.68 Å². The summed E-state index contributed by atoms with van der Waals surface area (Å²) in [5.41, 5.74) is 2.50. The molecule has 4 nitrogen and oxygen atoms in total. The summed E-state index contributed by atoms with van der Waals surface area (Å²) in [5.74, 6) is 0.228. The molecule has 1 atom stereocenters. The Kier molecular flexibility index (Phi) is 5.51. The van der Waals surface area contributed by atoms with Gasteiger partial charge in [0.05, 0.1) is 5.69 Å². The topological polar surface area (TPSA) is 46.9 Å². The summed E-state index contributed by atoms with van der Waals surface area (Å²) in [5, 5.41) is 7.89. The summed E-state index contributed by atoms with van der Waals surface area (Å²) < 4.78 is 1.65. The van der Waals surface area contributed by atoms with Crippen LogP contribution in [0.3, 0.4) is 0 Å². The zero-order valence-electron chi connectivity index (χ0n) is 14.0. The van der Waals surface area contributed by atoms with Crippen LogP contribution in [-0.4, -0.2) is 22.2 Å². The highest BCUT2D eigenvalue weighted by Gasteiger charge is 2.11. The summed E-state index contributed by atoms with van der Waals surface area (Å²) in [7, 11) is 0. The highest BCUT2D eigenvalue weighted by Crippen LogP contribution is 2.18. The second-order valence-electron chi connectivity index (χ2n) is 5.98. The van der Waals surface area contributed by atoms with Crippen LogP contribution in [0.25, 0.3) is 5.69 Å². The summed E-state index contributed by atoms with van der Waals surface area (Å²) in [4.78, 5) is 12.3. The van der Waals surface area contributed by atoms with Gasteiger partial charge in [0.1, 0.15) is 0 Å². The molecule has 0 spiro atoms. The van der Waals surface area contributed by atoms with Crippen LogP contribution in [0.2, 0.25) is 5.02 Å². The van der Waals surface area contributed by atoms with Crippen LogP contribution in [0.5, 0.6) is 0 Å². The molecule has 0 saturated carbocycles. The molecule has 0 radical (unpaired) electrons. The Morgan fingerprint density at radius 1 is 1.16 bits per heavy atom. The van der Waals surface area contributed by atoms with Gasteiger partial charge in [-0.15, -0.1) is 0 Å². The van der Waals surface area contributed by atoms with Gasteiger partial charge in [-0.05, 0) is 42.2 Å². The fraction of sp³-hybridized carbons (Fsp3) is 0.200. The highest BCUT2D eigenvalue weighted by atomic mass is 35.5. The van der Waals surface area contributed by atoms with E-state index in [4.69, 9.17) is 11.6 Å². The normalized spacial score (nSPS) is 11.9. The Balaban J connectivity index is 1.55. The number of hydrogen-bond donors (Lipinski definition) is 1. The number of hydrogen-bond acceptors (Lipinski definition) is 2. The minimum atomic E-state index is -0.166. The number of carbonyl (C=O) groups excluding carboxylic acids is 1. The Hall–Kier alpha value is -2.59. The molecule has 0 saturated heterocycles. The van der Waals surface area contributed by atoms with Gasteiger partial charge < -0.3 is 5.32 Å². The Bertz CT molecular complexity index is 845. The molecule has 1 unspecified atom stereocenters. The lowest BCUT2D eigenvalue weighted by Crippen LogP contribution is -2.25. The number of benzene rings is 2. The van der Waals surface area contributed by atoms with Gasteiger partial charge in [-0.1, -0.05) is 54.9 Å². The molecule has 1 amide bonds. The third kappa shape index (κ3) is 4.48. The molecule has 3 rings (SSSR count). The SMILES string of the molecule is CC(CCNC(=O)c1ccn(-c2cccc(Cl)c2)n1)c1ccccc1. The molecule has 0 aliphatic heterocycles. The van der Waals surface area contributed by atoms with Crippen molar-refractivity contribution in [3.05, 3.63) is 83.1 Å². The van der Waals surface area contributed by atoms with Crippen molar-refractivity contribution in [2.45, 2.75) is 19.3 Å². The van der Waals surface area contributed by atoms with E-state index in [1.165, 1.54) is 5.56 Å². The molecule has 128 valence electrons. The van der Waals surface area contributed by atoms with E-state index in [9.17, 15) is 4.79 Å². The Labute approximate surface area is 152 Å². The average molecular weight is 354 g/mol. The van der Waals surface area contributed by atoms with Crippen molar-refractivity contribution in [1.29, 1.82) is 0 Å². The third-order valence-electron chi connectivity index (χ3n) is 4.13. The quantitative estimate of drug-likeness (QED) is 0.711. The van der Waals surface area contributed by atoms with Crippen LogP contribution >= 0.6 is 11.6 Å². The number of halogens is 1. The molecular formula is C20H20ClN3O. The molecule has 2 aromatic carbocycles. The number of amides is 1. The lowest BCUT2D eigenvalue weighted by molar-refractivity contribution is 0.0947. The molecule has 0 fully saturated rings. The number of rotatable bonds is 6. The van der Waals surface area contributed by atoms with E-state index < -0.39 is 0 Å². The van der Waals surface area contributed by atoms with Crippen molar-refractivity contribution < 1.29 is 4.79 Å². The van der Waals surface area contributed by atoms with Crippen LogP contribution in [0, 0.1) is 0 Å². The van der Waals surface area contributed by atoms with Gasteiger partial charge in [0.15, 0.2) is 5.69 Å². The fourth-order valence-electron chi connectivity index (χ4n) is 2.65. The van der Waals surface area contributed by atoms with Gasteiger partial charge in [0.25, 0.3) is 5.91 Å². The van der Waals surface area contributed by atoms with Gasteiger partial charge in [0, 0.05) is 17.8 Å². The Morgan fingerprint density at radius 3 is 2.72 bits per heavy atom. The molecule has 0 bridgehead atoms. The van der Waals surface area contributed by atoms with Crippen LogP contribution in [-0.2, 0) is 0 Å². The zero-order valence-corrected chi connectivity index (χ0v) is 14.8. The lowest BCUT2D eigenvalue weighted by Gasteiger charge is -2.11. The number of carbonyl (C=O) groups is 1. The maximum absolute atomic E-state index is 12.3. The summed E-state index contributed by atoms with van der Waals surface area (Å²) in [6, 6.07) is 19.4. The summed E-state index contributed by atoms with van der Waals surface area (Å²) in [6.45, 7) is 2.77. The fourth-order valence-corrected chi connectivity index (χ4v) is 2.83. The van der Waals surface area contributed by atoms with Gasteiger partial charge in [-0.2, -0.15) is 5.10 Å². The minimum Gasteiger partial charge on any atom is -0.351 e. The first kappa shape index (κ1) is 17.2. The molecule has 0 aliphatic carbocycles. The lowest BCUT2D eigenvalue weighted by atomic mass is 9.98. The molecule has 0 aliphatic rings. The van der Waals surface area contributed by atoms with Gasteiger partial charge in [0.2, 0.25) is 0 Å². The van der Waals surface area contributed by atoms with Crippen molar-refractivity contribution in [2.24, 2.45) is 0 Å². The van der Waals surface area contributed by atoms with E-state index in [2.05, 4.69) is 29.5 Å².